The van der Waals surface area contributed by atoms with Gasteiger partial charge in [-0.25, -0.2) is 0 Å². The van der Waals surface area contributed by atoms with Gasteiger partial charge in [0.2, 0.25) is 0 Å². The minimum atomic E-state index is 0. The highest BCUT2D eigenvalue weighted by Gasteiger charge is 1.96. The van der Waals surface area contributed by atoms with E-state index in [4.69, 9.17) is 9.84 Å². The summed E-state index contributed by atoms with van der Waals surface area (Å²) >= 11 is 9.84. The van der Waals surface area contributed by atoms with Crippen LogP contribution in [0.15, 0.2) is 107 Å². The molecule has 0 saturated carbocycles. The van der Waals surface area contributed by atoms with Gasteiger partial charge in [-0.1, -0.05) is 91.4 Å². The Hall–Kier alpha value is -2.22. The average molecular weight is 641 g/mol. The number of ether oxygens (including phenoxy) is 1. The Morgan fingerprint density at radius 3 is 1.64 bits per heavy atom. The fraction of sp³-hybridized carbons (Fsp3) is 0.154. The number of aromatic nitrogens is 2. The summed E-state index contributed by atoms with van der Waals surface area (Å²) in [6.07, 6.45) is 6.42. The number of aromatic hydroxyl groups is 1. The zero-order chi connectivity index (χ0) is 22.3. The first-order valence-corrected chi connectivity index (χ1v) is 11.9. The van der Waals surface area contributed by atoms with Gasteiger partial charge in [0.1, 0.15) is 18.1 Å². The topological polar surface area (TPSA) is 55.2 Å². The SMILES string of the molecule is BrCc1ccccc1.Brc1cncc(OCc2ccccc2)c1.C.C.Oc1cncc(Br)c1. The zero-order valence-electron chi connectivity index (χ0n) is 16.5. The molecule has 176 valence electrons. The van der Waals surface area contributed by atoms with E-state index >= 15 is 0 Å². The van der Waals surface area contributed by atoms with E-state index in [0.29, 0.717) is 6.61 Å². The first-order chi connectivity index (χ1) is 15.1. The average Bonchev–Trinajstić information content (AvgIpc) is 2.80. The van der Waals surface area contributed by atoms with Gasteiger partial charge in [0, 0.05) is 26.7 Å². The minimum absolute atomic E-state index is 0. The van der Waals surface area contributed by atoms with Crippen LogP contribution in [0.5, 0.6) is 11.5 Å². The molecule has 0 radical (unpaired) electrons. The molecule has 0 aliphatic rings. The first-order valence-electron chi connectivity index (χ1n) is 9.23. The lowest BCUT2D eigenvalue weighted by atomic mass is 10.2. The Labute approximate surface area is 222 Å². The van der Waals surface area contributed by atoms with Gasteiger partial charge in [-0.3, -0.25) is 9.97 Å². The second-order valence-electron chi connectivity index (χ2n) is 6.09. The van der Waals surface area contributed by atoms with Gasteiger partial charge in [-0.15, -0.1) is 0 Å². The molecule has 4 nitrogen and oxygen atoms in total. The molecule has 0 aliphatic heterocycles. The summed E-state index contributed by atoms with van der Waals surface area (Å²) in [4.78, 5) is 7.71. The second kappa shape index (κ2) is 18.2. The predicted octanol–water partition coefficient (Wildman–Crippen LogP) is 8.83. The molecule has 0 unspecified atom stereocenters. The largest absolute Gasteiger partial charge is 0.506 e. The van der Waals surface area contributed by atoms with Crippen molar-refractivity contribution in [2.75, 3.05) is 0 Å². The number of alkyl halides is 1. The molecule has 0 amide bonds. The van der Waals surface area contributed by atoms with Crippen molar-refractivity contribution >= 4 is 47.8 Å². The van der Waals surface area contributed by atoms with Gasteiger partial charge in [0.25, 0.3) is 0 Å². The van der Waals surface area contributed by atoms with Crippen molar-refractivity contribution in [1.82, 2.24) is 9.97 Å². The molecule has 0 atom stereocenters. The summed E-state index contributed by atoms with van der Waals surface area (Å²) in [7, 11) is 0. The van der Waals surface area contributed by atoms with Crippen molar-refractivity contribution in [3.63, 3.8) is 0 Å². The molecule has 33 heavy (non-hydrogen) atoms. The van der Waals surface area contributed by atoms with Crippen LogP contribution in [0, 0.1) is 0 Å². The lowest BCUT2D eigenvalue weighted by Crippen LogP contribution is -1.95. The molecule has 0 spiro atoms. The van der Waals surface area contributed by atoms with E-state index in [1.165, 1.54) is 11.8 Å². The minimum Gasteiger partial charge on any atom is -0.506 e. The van der Waals surface area contributed by atoms with Crippen molar-refractivity contribution in [3.05, 3.63) is 118 Å². The van der Waals surface area contributed by atoms with Gasteiger partial charge in [0.15, 0.2) is 0 Å². The van der Waals surface area contributed by atoms with Crippen molar-refractivity contribution < 1.29 is 9.84 Å². The third-order valence-electron chi connectivity index (χ3n) is 3.62. The van der Waals surface area contributed by atoms with E-state index in [9.17, 15) is 0 Å². The van der Waals surface area contributed by atoms with Gasteiger partial charge < -0.3 is 9.84 Å². The Balaban J connectivity index is 0.000000489. The molecule has 1 N–H and O–H groups in total. The number of pyridine rings is 2. The first kappa shape index (κ1) is 30.8. The van der Waals surface area contributed by atoms with Gasteiger partial charge in [-0.05, 0) is 55.1 Å². The summed E-state index contributed by atoms with van der Waals surface area (Å²) in [5.74, 6) is 0.951. The van der Waals surface area contributed by atoms with Gasteiger partial charge >= 0.3 is 0 Å². The highest BCUT2D eigenvalue weighted by atomic mass is 79.9. The quantitative estimate of drug-likeness (QED) is 0.227. The van der Waals surface area contributed by atoms with Crippen LogP contribution in [0.25, 0.3) is 0 Å². The Bertz CT molecular complexity index is 1000. The van der Waals surface area contributed by atoms with E-state index in [-0.39, 0.29) is 20.6 Å². The maximum atomic E-state index is 8.72. The number of rotatable bonds is 4. The van der Waals surface area contributed by atoms with Crippen LogP contribution in [-0.4, -0.2) is 15.1 Å². The molecule has 2 heterocycles. The van der Waals surface area contributed by atoms with Crippen molar-refractivity contribution in [2.45, 2.75) is 26.8 Å². The summed E-state index contributed by atoms with van der Waals surface area (Å²) in [6.45, 7) is 0.568. The molecule has 0 fully saturated rings. The van der Waals surface area contributed by atoms with Gasteiger partial charge in [-0.2, -0.15) is 0 Å². The van der Waals surface area contributed by atoms with Crippen molar-refractivity contribution in [1.29, 1.82) is 0 Å². The molecule has 0 saturated heterocycles. The molecule has 4 aromatic rings. The highest BCUT2D eigenvalue weighted by molar-refractivity contribution is 9.10. The molecule has 2 aromatic heterocycles. The second-order valence-corrected chi connectivity index (χ2v) is 8.49. The third-order valence-corrected chi connectivity index (χ3v) is 5.13. The van der Waals surface area contributed by atoms with Crippen LogP contribution in [0.4, 0.5) is 0 Å². The van der Waals surface area contributed by atoms with Crippen LogP contribution < -0.4 is 4.74 Å². The standard InChI is InChI=1S/C12H10BrNO.C7H7Br.C5H4BrNO.2CH4/c13-11-6-12(8-14-7-11)15-9-10-4-2-1-3-5-10;8-6-7-4-2-1-3-5-7;6-4-1-5(8)3-7-2-4;;/h1-8H,9H2;1-5H,6H2;1-3,8H;2*1H4. The molecule has 7 heteroatoms. The lowest BCUT2D eigenvalue weighted by Gasteiger charge is -2.05. The fourth-order valence-electron chi connectivity index (χ4n) is 2.18. The maximum Gasteiger partial charge on any atom is 0.139 e. The van der Waals surface area contributed by atoms with Crippen molar-refractivity contribution in [3.8, 4) is 11.5 Å². The smallest absolute Gasteiger partial charge is 0.139 e. The van der Waals surface area contributed by atoms with Crippen molar-refractivity contribution in [2.24, 2.45) is 0 Å². The molecule has 0 aliphatic carbocycles. The van der Waals surface area contributed by atoms with E-state index in [1.54, 1.807) is 24.7 Å². The van der Waals surface area contributed by atoms with E-state index in [2.05, 4.69) is 69.9 Å². The Morgan fingerprint density at radius 1 is 0.697 bits per heavy atom. The Morgan fingerprint density at radius 2 is 1.21 bits per heavy atom. The van der Waals surface area contributed by atoms with E-state index < -0.39 is 0 Å². The number of benzene rings is 2. The summed E-state index contributed by atoms with van der Waals surface area (Å²) in [6, 6.07) is 23.8. The Kier molecular flexibility index (Phi) is 17.0. The van der Waals surface area contributed by atoms with E-state index in [0.717, 1.165) is 25.6 Å². The normalized spacial score (nSPS) is 8.94. The molecular formula is C26H29Br3N2O2. The molecule has 4 rings (SSSR count). The van der Waals surface area contributed by atoms with Crippen LogP contribution in [0.1, 0.15) is 26.0 Å². The molecular weight excluding hydrogens is 612 g/mol. The highest BCUT2D eigenvalue weighted by Crippen LogP contribution is 2.17. The zero-order valence-corrected chi connectivity index (χ0v) is 21.3. The number of halogens is 3. The lowest BCUT2D eigenvalue weighted by molar-refractivity contribution is 0.305. The summed E-state index contributed by atoms with van der Waals surface area (Å²) in [5.41, 5.74) is 2.48. The van der Waals surface area contributed by atoms with Crippen LogP contribution in [-0.2, 0) is 11.9 Å². The monoisotopic (exact) mass is 638 g/mol. The predicted molar refractivity (Wildman–Crippen MR) is 149 cm³/mol. The summed E-state index contributed by atoms with van der Waals surface area (Å²) in [5, 5.41) is 9.67. The number of nitrogens with zero attached hydrogens (tertiary/aromatic N) is 2. The van der Waals surface area contributed by atoms with Crippen LogP contribution in [0.3, 0.4) is 0 Å². The fourth-order valence-corrected chi connectivity index (χ4v) is 3.25. The van der Waals surface area contributed by atoms with Crippen LogP contribution >= 0.6 is 47.8 Å². The van der Waals surface area contributed by atoms with Gasteiger partial charge in [0.05, 0.1) is 12.4 Å². The molecule has 0 bridgehead atoms. The van der Waals surface area contributed by atoms with E-state index in [1.807, 2.05) is 54.6 Å². The number of hydrogen-bond acceptors (Lipinski definition) is 4. The molecule has 2 aromatic carbocycles. The van der Waals surface area contributed by atoms with Crippen LogP contribution in [0.2, 0.25) is 0 Å². The third kappa shape index (κ3) is 13.8. The number of hydrogen-bond donors (Lipinski definition) is 1. The summed E-state index contributed by atoms with van der Waals surface area (Å²) < 4.78 is 7.29. The maximum absolute atomic E-state index is 8.72.